The molecule has 3 nitrogen and oxygen atoms in total. The summed E-state index contributed by atoms with van der Waals surface area (Å²) in [6, 6.07) is 7.45. The smallest absolute Gasteiger partial charge is 0.339 e. The van der Waals surface area contributed by atoms with Gasteiger partial charge in [-0.15, -0.1) is 0 Å². The molecule has 0 aliphatic heterocycles. The van der Waals surface area contributed by atoms with Crippen LogP contribution >= 0.6 is 0 Å². The third kappa shape index (κ3) is 2.77. The quantitative estimate of drug-likeness (QED) is 0.927. The van der Waals surface area contributed by atoms with E-state index in [0.29, 0.717) is 12.2 Å². The lowest BCUT2D eigenvalue weighted by Crippen LogP contribution is -2.03. The van der Waals surface area contributed by atoms with Crippen LogP contribution in [0.1, 0.15) is 17.3 Å². The number of halogens is 2. The van der Waals surface area contributed by atoms with Crippen molar-refractivity contribution < 1.29 is 23.4 Å². The van der Waals surface area contributed by atoms with Gasteiger partial charge in [0.05, 0.1) is 6.61 Å². The summed E-state index contributed by atoms with van der Waals surface area (Å²) in [7, 11) is 0. The van der Waals surface area contributed by atoms with E-state index in [4.69, 9.17) is 9.84 Å². The highest BCUT2D eigenvalue weighted by Gasteiger charge is 2.14. The number of hydrogen-bond acceptors (Lipinski definition) is 2. The second kappa shape index (κ2) is 5.69. The van der Waals surface area contributed by atoms with Crippen LogP contribution in [0, 0.1) is 11.6 Å². The fraction of sp³-hybridized carbons (Fsp3) is 0.133. The highest BCUT2D eigenvalue weighted by Crippen LogP contribution is 2.29. The molecular formula is C15H12F2O3. The van der Waals surface area contributed by atoms with Crippen molar-refractivity contribution in [3.63, 3.8) is 0 Å². The Morgan fingerprint density at radius 3 is 2.55 bits per heavy atom. The molecule has 1 N–H and O–H groups in total. The SMILES string of the molecule is CCOc1ccc(-c2ccc(F)cc2F)cc1C(=O)O. The van der Waals surface area contributed by atoms with Crippen molar-refractivity contribution in [1.29, 1.82) is 0 Å². The highest BCUT2D eigenvalue weighted by molar-refractivity contribution is 5.92. The predicted octanol–water partition coefficient (Wildman–Crippen LogP) is 3.73. The van der Waals surface area contributed by atoms with E-state index in [2.05, 4.69) is 0 Å². The lowest BCUT2D eigenvalue weighted by Gasteiger charge is -2.10. The molecule has 0 aliphatic carbocycles. The molecule has 5 heteroatoms. The van der Waals surface area contributed by atoms with E-state index in [9.17, 15) is 13.6 Å². The molecule has 104 valence electrons. The second-order valence-corrected chi connectivity index (χ2v) is 4.07. The predicted molar refractivity (Wildman–Crippen MR) is 69.9 cm³/mol. The van der Waals surface area contributed by atoms with Crippen LogP contribution in [-0.2, 0) is 0 Å². The van der Waals surface area contributed by atoms with Crippen molar-refractivity contribution >= 4 is 5.97 Å². The molecule has 0 bridgehead atoms. The largest absolute Gasteiger partial charge is 0.493 e. The Hall–Kier alpha value is -2.43. The monoisotopic (exact) mass is 278 g/mol. The number of ether oxygens (including phenoxy) is 1. The Bertz CT molecular complexity index is 654. The number of benzene rings is 2. The van der Waals surface area contributed by atoms with E-state index in [1.807, 2.05) is 0 Å². The Labute approximate surface area is 114 Å². The zero-order chi connectivity index (χ0) is 14.7. The fourth-order valence-electron chi connectivity index (χ4n) is 1.87. The van der Waals surface area contributed by atoms with E-state index in [-0.39, 0.29) is 16.9 Å². The minimum atomic E-state index is -1.17. The van der Waals surface area contributed by atoms with Gasteiger partial charge in [0.25, 0.3) is 0 Å². The van der Waals surface area contributed by atoms with Crippen molar-refractivity contribution in [3.8, 4) is 16.9 Å². The summed E-state index contributed by atoms with van der Waals surface area (Å²) in [6.45, 7) is 2.06. The zero-order valence-electron chi connectivity index (χ0n) is 10.7. The summed E-state index contributed by atoms with van der Waals surface area (Å²) in [6.07, 6.45) is 0. The third-order valence-corrected chi connectivity index (χ3v) is 2.75. The molecule has 0 unspecified atom stereocenters. The first kappa shape index (κ1) is 14.0. The van der Waals surface area contributed by atoms with Gasteiger partial charge in [-0.05, 0) is 36.8 Å². The van der Waals surface area contributed by atoms with Crippen LogP contribution in [0.3, 0.4) is 0 Å². The maximum absolute atomic E-state index is 13.7. The maximum Gasteiger partial charge on any atom is 0.339 e. The Kier molecular flexibility index (Phi) is 3.98. The van der Waals surface area contributed by atoms with Gasteiger partial charge >= 0.3 is 5.97 Å². The first-order valence-corrected chi connectivity index (χ1v) is 5.98. The molecule has 0 radical (unpaired) electrons. The normalized spacial score (nSPS) is 10.3. The summed E-state index contributed by atoms with van der Waals surface area (Å²) < 4.78 is 31.8. The number of carboxylic acids is 1. The number of rotatable bonds is 4. The van der Waals surface area contributed by atoms with Gasteiger partial charge in [-0.2, -0.15) is 0 Å². The maximum atomic E-state index is 13.7. The molecule has 0 aliphatic rings. The van der Waals surface area contributed by atoms with Crippen LogP contribution in [0.5, 0.6) is 5.75 Å². The van der Waals surface area contributed by atoms with Gasteiger partial charge in [-0.1, -0.05) is 6.07 Å². The van der Waals surface area contributed by atoms with Crippen molar-refractivity contribution in [2.75, 3.05) is 6.61 Å². The van der Waals surface area contributed by atoms with E-state index >= 15 is 0 Å². The van der Waals surface area contributed by atoms with Crippen LogP contribution in [0.4, 0.5) is 8.78 Å². The van der Waals surface area contributed by atoms with Crippen molar-refractivity contribution in [1.82, 2.24) is 0 Å². The van der Waals surface area contributed by atoms with Crippen LogP contribution in [-0.4, -0.2) is 17.7 Å². The molecule has 20 heavy (non-hydrogen) atoms. The van der Waals surface area contributed by atoms with Gasteiger partial charge in [0.15, 0.2) is 0 Å². The Morgan fingerprint density at radius 2 is 1.95 bits per heavy atom. The molecule has 2 rings (SSSR count). The number of hydrogen-bond donors (Lipinski definition) is 1. The third-order valence-electron chi connectivity index (χ3n) is 2.75. The molecule has 2 aromatic carbocycles. The molecule has 0 saturated carbocycles. The summed E-state index contributed by atoms with van der Waals surface area (Å²) in [5.74, 6) is -2.38. The van der Waals surface area contributed by atoms with Crippen LogP contribution < -0.4 is 4.74 Å². The first-order chi connectivity index (χ1) is 9.52. The van der Waals surface area contributed by atoms with E-state index in [0.717, 1.165) is 12.1 Å². The fourth-order valence-corrected chi connectivity index (χ4v) is 1.87. The molecule has 0 fully saturated rings. The molecule has 0 amide bonds. The lowest BCUT2D eigenvalue weighted by atomic mass is 10.0. The number of aromatic carboxylic acids is 1. The van der Waals surface area contributed by atoms with Crippen molar-refractivity contribution in [2.24, 2.45) is 0 Å². The molecule has 0 saturated heterocycles. The summed E-state index contributed by atoms with van der Waals surface area (Å²) >= 11 is 0. The second-order valence-electron chi connectivity index (χ2n) is 4.07. The molecule has 0 spiro atoms. The first-order valence-electron chi connectivity index (χ1n) is 5.98. The summed E-state index contributed by atoms with van der Waals surface area (Å²) in [4.78, 5) is 11.2. The lowest BCUT2D eigenvalue weighted by molar-refractivity contribution is 0.0692. The zero-order valence-corrected chi connectivity index (χ0v) is 10.7. The summed E-state index contributed by atoms with van der Waals surface area (Å²) in [5.41, 5.74) is 0.424. The molecule has 0 atom stereocenters. The van der Waals surface area contributed by atoms with Gasteiger partial charge in [-0.3, -0.25) is 0 Å². The topological polar surface area (TPSA) is 46.5 Å². The van der Waals surface area contributed by atoms with E-state index in [1.54, 1.807) is 6.92 Å². The standard InChI is InChI=1S/C15H12F2O3/c1-2-20-14-6-3-9(7-12(14)15(18)19)11-5-4-10(16)8-13(11)17/h3-8H,2H2,1H3,(H,18,19). The van der Waals surface area contributed by atoms with Gasteiger partial charge in [0, 0.05) is 11.6 Å². The van der Waals surface area contributed by atoms with Crippen LogP contribution in [0.15, 0.2) is 36.4 Å². The molecule has 0 heterocycles. The minimum absolute atomic E-state index is 0.0620. The van der Waals surface area contributed by atoms with Crippen molar-refractivity contribution in [3.05, 3.63) is 53.6 Å². The highest BCUT2D eigenvalue weighted by atomic mass is 19.1. The van der Waals surface area contributed by atoms with Crippen LogP contribution in [0.25, 0.3) is 11.1 Å². The Balaban J connectivity index is 2.53. The van der Waals surface area contributed by atoms with Crippen LogP contribution in [0.2, 0.25) is 0 Å². The van der Waals surface area contributed by atoms with E-state index in [1.165, 1.54) is 24.3 Å². The molecule has 0 aromatic heterocycles. The average molecular weight is 278 g/mol. The number of carboxylic acid groups (broad SMARTS) is 1. The van der Waals surface area contributed by atoms with Crippen molar-refractivity contribution in [2.45, 2.75) is 6.92 Å². The van der Waals surface area contributed by atoms with E-state index < -0.39 is 17.6 Å². The van der Waals surface area contributed by atoms with Gasteiger partial charge in [0.1, 0.15) is 22.9 Å². The van der Waals surface area contributed by atoms with Gasteiger partial charge in [-0.25, -0.2) is 13.6 Å². The minimum Gasteiger partial charge on any atom is -0.493 e. The number of carbonyl (C=O) groups is 1. The molecule has 2 aromatic rings. The average Bonchev–Trinajstić information content (AvgIpc) is 2.39. The summed E-state index contributed by atoms with van der Waals surface area (Å²) in [5, 5.41) is 9.14. The van der Waals surface area contributed by atoms with Gasteiger partial charge < -0.3 is 9.84 Å². The Morgan fingerprint density at radius 1 is 1.20 bits per heavy atom. The molecular weight excluding hydrogens is 266 g/mol. The van der Waals surface area contributed by atoms with Gasteiger partial charge in [0.2, 0.25) is 0 Å².